The van der Waals surface area contributed by atoms with E-state index in [1.807, 2.05) is 6.07 Å². The van der Waals surface area contributed by atoms with Crippen LogP contribution in [0.1, 0.15) is 11.7 Å². The molecule has 1 unspecified atom stereocenters. The standard InChI is InChI=1S/C19H21NO2/c1-2-4-15(5-3-1)16-6-8-17(9-7-16)19-12-20-10-11-21-13-18(20)14-22-19/h1-9,18-19H,10-14H2/t18?,19-/m0/s1. The normalized spacial score (nSPS) is 25.6. The lowest BCUT2D eigenvalue weighted by atomic mass is 10.0. The number of fused-ring (bicyclic) bond motifs is 1. The van der Waals surface area contributed by atoms with Crippen molar-refractivity contribution in [2.45, 2.75) is 12.1 Å². The average molecular weight is 295 g/mol. The molecule has 2 aromatic rings. The molecular formula is C19H21NO2. The van der Waals surface area contributed by atoms with Gasteiger partial charge >= 0.3 is 0 Å². The topological polar surface area (TPSA) is 21.7 Å². The highest BCUT2D eigenvalue weighted by Gasteiger charge is 2.31. The molecule has 2 saturated heterocycles. The van der Waals surface area contributed by atoms with Gasteiger partial charge in [0.15, 0.2) is 0 Å². The van der Waals surface area contributed by atoms with Crippen molar-refractivity contribution in [3.05, 3.63) is 60.2 Å². The maximum Gasteiger partial charge on any atom is 0.0952 e. The van der Waals surface area contributed by atoms with Gasteiger partial charge in [0.1, 0.15) is 0 Å². The molecule has 22 heavy (non-hydrogen) atoms. The lowest BCUT2D eigenvalue weighted by Crippen LogP contribution is -2.53. The van der Waals surface area contributed by atoms with E-state index >= 15 is 0 Å². The molecule has 3 nitrogen and oxygen atoms in total. The van der Waals surface area contributed by atoms with E-state index in [1.165, 1.54) is 16.7 Å². The Bertz CT molecular complexity index is 611. The second-order valence-electron chi connectivity index (χ2n) is 6.03. The fourth-order valence-electron chi connectivity index (χ4n) is 3.30. The molecule has 0 amide bonds. The molecule has 0 N–H and O–H groups in total. The molecule has 2 atom stereocenters. The van der Waals surface area contributed by atoms with Crippen molar-refractivity contribution in [1.29, 1.82) is 0 Å². The minimum atomic E-state index is 0.180. The number of hydrogen-bond donors (Lipinski definition) is 0. The number of ether oxygens (including phenoxy) is 2. The lowest BCUT2D eigenvalue weighted by Gasteiger charge is -2.42. The van der Waals surface area contributed by atoms with E-state index in [4.69, 9.17) is 9.47 Å². The van der Waals surface area contributed by atoms with Crippen LogP contribution in [0.3, 0.4) is 0 Å². The number of morpholine rings is 2. The number of rotatable bonds is 2. The highest BCUT2D eigenvalue weighted by molar-refractivity contribution is 5.63. The zero-order chi connectivity index (χ0) is 14.8. The fourth-order valence-corrected chi connectivity index (χ4v) is 3.30. The number of nitrogens with zero attached hydrogens (tertiary/aromatic N) is 1. The van der Waals surface area contributed by atoms with Gasteiger partial charge in [-0.15, -0.1) is 0 Å². The highest BCUT2D eigenvalue weighted by atomic mass is 16.5. The van der Waals surface area contributed by atoms with Gasteiger partial charge in [-0.25, -0.2) is 0 Å². The Kier molecular flexibility index (Phi) is 3.94. The Morgan fingerprint density at radius 1 is 0.864 bits per heavy atom. The highest BCUT2D eigenvalue weighted by Crippen LogP contribution is 2.28. The van der Waals surface area contributed by atoms with Gasteiger partial charge in [0.05, 0.1) is 32.0 Å². The molecule has 114 valence electrons. The summed E-state index contributed by atoms with van der Waals surface area (Å²) in [5.74, 6) is 0. The van der Waals surface area contributed by atoms with Crippen LogP contribution in [0.25, 0.3) is 11.1 Å². The summed E-state index contributed by atoms with van der Waals surface area (Å²) in [4.78, 5) is 2.50. The van der Waals surface area contributed by atoms with Crippen LogP contribution >= 0.6 is 0 Å². The van der Waals surface area contributed by atoms with Crippen LogP contribution in [-0.4, -0.2) is 43.9 Å². The van der Waals surface area contributed by atoms with Crippen molar-refractivity contribution in [3.63, 3.8) is 0 Å². The summed E-state index contributed by atoms with van der Waals surface area (Å²) in [5.41, 5.74) is 3.78. The fraction of sp³-hybridized carbons (Fsp3) is 0.368. The quantitative estimate of drug-likeness (QED) is 0.849. The van der Waals surface area contributed by atoms with Gasteiger partial charge in [-0.3, -0.25) is 4.90 Å². The molecule has 2 fully saturated rings. The van der Waals surface area contributed by atoms with Crippen LogP contribution in [0.4, 0.5) is 0 Å². The van der Waals surface area contributed by atoms with Crippen LogP contribution < -0.4 is 0 Å². The lowest BCUT2D eigenvalue weighted by molar-refractivity contribution is -0.117. The Balaban J connectivity index is 1.49. The summed E-state index contributed by atoms with van der Waals surface area (Å²) in [5, 5.41) is 0. The monoisotopic (exact) mass is 295 g/mol. The molecule has 0 bridgehead atoms. The average Bonchev–Trinajstić information content (AvgIpc) is 2.62. The second kappa shape index (κ2) is 6.21. The van der Waals surface area contributed by atoms with Crippen LogP contribution in [0.5, 0.6) is 0 Å². The molecule has 0 aromatic heterocycles. The van der Waals surface area contributed by atoms with Crippen molar-refractivity contribution >= 4 is 0 Å². The van der Waals surface area contributed by atoms with Crippen molar-refractivity contribution < 1.29 is 9.47 Å². The van der Waals surface area contributed by atoms with Gasteiger partial charge in [0, 0.05) is 13.1 Å². The van der Waals surface area contributed by atoms with Crippen LogP contribution in [-0.2, 0) is 9.47 Å². The van der Waals surface area contributed by atoms with E-state index in [1.54, 1.807) is 0 Å². The van der Waals surface area contributed by atoms with Crippen molar-refractivity contribution in [2.75, 3.05) is 32.9 Å². The van der Waals surface area contributed by atoms with E-state index in [9.17, 15) is 0 Å². The maximum absolute atomic E-state index is 6.06. The molecular weight excluding hydrogens is 274 g/mol. The first-order valence-corrected chi connectivity index (χ1v) is 7.99. The molecule has 4 rings (SSSR count). The zero-order valence-electron chi connectivity index (χ0n) is 12.7. The Morgan fingerprint density at radius 3 is 2.45 bits per heavy atom. The first-order chi connectivity index (χ1) is 10.9. The summed E-state index contributed by atoms with van der Waals surface area (Å²) in [7, 11) is 0. The first-order valence-electron chi connectivity index (χ1n) is 7.99. The molecule has 3 heteroatoms. The van der Waals surface area contributed by atoms with E-state index in [0.717, 1.165) is 32.9 Å². The number of hydrogen-bond acceptors (Lipinski definition) is 3. The number of benzene rings is 2. The van der Waals surface area contributed by atoms with Gasteiger partial charge < -0.3 is 9.47 Å². The molecule has 0 radical (unpaired) electrons. The SMILES string of the molecule is c1ccc(-c2ccc([C@@H]3CN4CCOCC4CO3)cc2)cc1. The molecule has 0 saturated carbocycles. The van der Waals surface area contributed by atoms with Gasteiger partial charge in [-0.05, 0) is 16.7 Å². The molecule has 0 spiro atoms. The van der Waals surface area contributed by atoms with Gasteiger partial charge in [-0.2, -0.15) is 0 Å². The van der Waals surface area contributed by atoms with Crippen molar-refractivity contribution in [1.82, 2.24) is 4.90 Å². The summed E-state index contributed by atoms with van der Waals surface area (Å²) in [6.45, 7) is 4.41. The Labute approximate surface area is 131 Å². The minimum Gasteiger partial charge on any atom is -0.378 e. The molecule has 2 heterocycles. The minimum absolute atomic E-state index is 0.180. The van der Waals surface area contributed by atoms with E-state index in [2.05, 4.69) is 53.4 Å². The second-order valence-corrected chi connectivity index (χ2v) is 6.03. The van der Waals surface area contributed by atoms with Crippen LogP contribution in [0.2, 0.25) is 0 Å². The Hall–Kier alpha value is -1.68. The van der Waals surface area contributed by atoms with Crippen molar-refractivity contribution in [2.24, 2.45) is 0 Å². The van der Waals surface area contributed by atoms with E-state index in [0.29, 0.717) is 6.04 Å². The molecule has 2 aliphatic heterocycles. The summed E-state index contributed by atoms with van der Waals surface area (Å²) in [6.07, 6.45) is 0.180. The molecule has 0 aliphatic carbocycles. The molecule has 2 aliphatic rings. The summed E-state index contributed by atoms with van der Waals surface area (Å²) < 4.78 is 11.6. The maximum atomic E-state index is 6.06. The predicted octanol–water partition coefficient (Wildman–Crippen LogP) is 3.13. The van der Waals surface area contributed by atoms with E-state index < -0.39 is 0 Å². The third-order valence-electron chi connectivity index (χ3n) is 4.63. The predicted molar refractivity (Wildman–Crippen MR) is 86.8 cm³/mol. The van der Waals surface area contributed by atoms with Gasteiger partial charge in [0.2, 0.25) is 0 Å². The summed E-state index contributed by atoms with van der Waals surface area (Å²) >= 11 is 0. The van der Waals surface area contributed by atoms with E-state index in [-0.39, 0.29) is 6.10 Å². The van der Waals surface area contributed by atoms with Crippen LogP contribution in [0, 0.1) is 0 Å². The van der Waals surface area contributed by atoms with Crippen LogP contribution in [0.15, 0.2) is 54.6 Å². The zero-order valence-corrected chi connectivity index (χ0v) is 12.7. The van der Waals surface area contributed by atoms with Gasteiger partial charge in [-0.1, -0.05) is 54.6 Å². The smallest absolute Gasteiger partial charge is 0.0952 e. The Morgan fingerprint density at radius 2 is 1.64 bits per heavy atom. The third kappa shape index (κ3) is 2.80. The largest absolute Gasteiger partial charge is 0.378 e. The third-order valence-corrected chi connectivity index (χ3v) is 4.63. The first kappa shape index (κ1) is 13.9. The summed E-state index contributed by atoms with van der Waals surface area (Å²) in [6, 6.07) is 19.7. The van der Waals surface area contributed by atoms with Gasteiger partial charge in [0.25, 0.3) is 0 Å². The molecule has 2 aromatic carbocycles. The van der Waals surface area contributed by atoms with Crippen molar-refractivity contribution in [3.8, 4) is 11.1 Å².